The number of allylic oxidation sites excluding steroid dienone is 1. The molecule has 374 valence electrons. The first kappa shape index (κ1) is 50.5. The van der Waals surface area contributed by atoms with Gasteiger partial charge in [-0.3, -0.25) is 24.1 Å². The number of piperazine rings is 1. The van der Waals surface area contributed by atoms with Crippen molar-refractivity contribution in [3.63, 3.8) is 0 Å². The van der Waals surface area contributed by atoms with Gasteiger partial charge in [-0.1, -0.05) is 36.4 Å². The molecule has 0 aliphatic carbocycles. The molecule has 2 aliphatic rings. The Kier molecular flexibility index (Phi) is 16.3. The topological polar surface area (TPSA) is 225 Å². The van der Waals surface area contributed by atoms with E-state index in [1.807, 2.05) is 48.8 Å². The average Bonchev–Trinajstić information content (AvgIpc) is 4.06. The summed E-state index contributed by atoms with van der Waals surface area (Å²) in [5.74, 6) is -0.458. The van der Waals surface area contributed by atoms with Crippen molar-refractivity contribution in [2.75, 3.05) is 69.2 Å². The second-order valence-electron chi connectivity index (χ2n) is 18.4. The highest BCUT2D eigenvalue weighted by atomic mass is 32.1. The second-order valence-corrected chi connectivity index (χ2v) is 19.2. The van der Waals surface area contributed by atoms with E-state index in [0.717, 1.165) is 85.1 Å². The Labute approximate surface area is 416 Å². The van der Waals surface area contributed by atoms with Crippen LogP contribution in [0.25, 0.3) is 27.3 Å². The van der Waals surface area contributed by atoms with Crippen molar-refractivity contribution in [1.29, 1.82) is 0 Å². The number of thiazole rings is 1. The molecular formula is C51H62N12O7S. The van der Waals surface area contributed by atoms with Gasteiger partial charge in [-0.15, -0.1) is 17.9 Å². The first-order valence-corrected chi connectivity index (χ1v) is 24.9. The maximum atomic E-state index is 13.4. The number of hydrogen-bond donors (Lipinski definition) is 5. The van der Waals surface area contributed by atoms with Crippen LogP contribution in [0.3, 0.4) is 0 Å². The molecule has 2 fully saturated rings. The highest BCUT2D eigenvalue weighted by Gasteiger charge is 2.38. The number of fused-ring (bicyclic) bond motifs is 1. The van der Waals surface area contributed by atoms with Gasteiger partial charge >= 0.3 is 0 Å². The van der Waals surface area contributed by atoms with E-state index in [4.69, 9.17) is 9.72 Å². The number of nitrogens with zero attached hydrogens (tertiary/aromatic N) is 9. The molecule has 0 radical (unpaired) electrons. The first-order valence-electron chi connectivity index (χ1n) is 24.0. The highest BCUT2D eigenvalue weighted by Crippen LogP contribution is 2.28. The van der Waals surface area contributed by atoms with Crippen molar-refractivity contribution in [3.05, 3.63) is 118 Å². The van der Waals surface area contributed by atoms with Gasteiger partial charge in [-0.2, -0.15) is 4.98 Å². The predicted octanol–water partition coefficient (Wildman–Crippen LogP) is 4.27. The van der Waals surface area contributed by atoms with Crippen LogP contribution in [0.15, 0.2) is 95.9 Å². The first-order chi connectivity index (χ1) is 34.2. The number of unbranched alkanes of at least 4 members (excludes halogenated alkanes) is 2. The van der Waals surface area contributed by atoms with Crippen molar-refractivity contribution in [3.8, 4) is 16.3 Å². The van der Waals surface area contributed by atoms with E-state index in [-0.39, 0.29) is 50.7 Å². The molecule has 6 heterocycles. The molecule has 0 unspecified atom stereocenters. The third-order valence-corrected chi connectivity index (χ3v) is 13.7. The SMILES string of the molecule is C=CCn1c(=O)c2cnc(Nc3ccc(N4CCN(CCCCCOCC(=O)NCC(=O)N5C[C@H](O)C[C@H]5C(=O)NCc5ccc(-c6scnc6C)cc5)CC4)cc3)nc2n1-c1cccc(C(C)(C)O)n1. The lowest BCUT2D eigenvalue weighted by Gasteiger charge is -2.36. The molecule has 4 aromatic heterocycles. The summed E-state index contributed by atoms with van der Waals surface area (Å²) in [5, 5.41) is 30.0. The van der Waals surface area contributed by atoms with Crippen molar-refractivity contribution in [2.24, 2.45) is 0 Å². The fraction of sp³-hybridized carbons (Fsp3) is 0.412. The molecule has 19 nitrogen and oxygen atoms in total. The number of amides is 3. The van der Waals surface area contributed by atoms with E-state index in [2.05, 4.69) is 59.4 Å². The third kappa shape index (κ3) is 12.6. The number of carbonyl (C=O) groups is 3. The lowest BCUT2D eigenvalue weighted by atomic mass is 10.1. The molecule has 5 N–H and O–H groups in total. The van der Waals surface area contributed by atoms with E-state index >= 15 is 0 Å². The van der Waals surface area contributed by atoms with Crippen LogP contribution < -0.4 is 26.4 Å². The molecule has 0 saturated carbocycles. The van der Waals surface area contributed by atoms with E-state index in [1.165, 1.54) is 15.8 Å². The van der Waals surface area contributed by atoms with Gasteiger partial charge in [0.15, 0.2) is 11.5 Å². The largest absolute Gasteiger partial charge is 0.391 e. The van der Waals surface area contributed by atoms with Gasteiger partial charge in [-0.25, -0.2) is 24.3 Å². The zero-order chi connectivity index (χ0) is 50.1. The van der Waals surface area contributed by atoms with Crippen LogP contribution in [0.5, 0.6) is 0 Å². The van der Waals surface area contributed by atoms with Crippen LogP contribution in [0.2, 0.25) is 0 Å². The van der Waals surface area contributed by atoms with Crippen molar-refractivity contribution >= 4 is 57.4 Å². The number of carbonyl (C=O) groups excluding carboxylic acids is 3. The number of ether oxygens (including phenoxy) is 1. The molecule has 3 amide bonds. The Bertz CT molecular complexity index is 2870. The second kappa shape index (κ2) is 22.9. The zero-order valence-corrected chi connectivity index (χ0v) is 41.2. The molecule has 0 bridgehead atoms. The molecule has 2 aliphatic heterocycles. The number of aromatic nitrogens is 6. The van der Waals surface area contributed by atoms with Gasteiger partial charge in [0.05, 0.1) is 41.0 Å². The number of benzene rings is 2. The number of β-amino-alcohol motifs (C(OH)–C–C–N with tert-alkyl or cyclic N) is 1. The van der Waals surface area contributed by atoms with Gasteiger partial charge in [0.2, 0.25) is 23.7 Å². The molecule has 2 aromatic carbocycles. The Morgan fingerprint density at radius 1 is 0.958 bits per heavy atom. The molecule has 8 rings (SSSR count). The van der Waals surface area contributed by atoms with Gasteiger partial charge in [0.25, 0.3) is 5.56 Å². The number of nitrogens with one attached hydrogen (secondary N) is 3. The van der Waals surface area contributed by atoms with Crippen LogP contribution >= 0.6 is 11.3 Å². The molecule has 71 heavy (non-hydrogen) atoms. The van der Waals surface area contributed by atoms with Crippen LogP contribution in [-0.2, 0) is 37.8 Å². The van der Waals surface area contributed by atoms with Crippen LogP contribution in [0.1, 0.15) is 56.5 Å². The van der Waals surface area contributed by atoms with Crippen LogP contribution in [-0.4, -0.2) is 138 Å². The van der Waals surface area contributed by atoms with Crippen molar-refractivity contribution < 1.29 is 29.3 Å². The molecular weight excluding hydrogens is 925 g/mol. The fourth-order valence-electron chi connectivity index (χ4n) is 8.81. The van der Waals surface area contributed by atoms with E-state index < -0.39 is 29.6 Å². The highest BCUT2D eigenvalue weighted by molar-refractivity contribution is 7.13. The molecule has 0 spiro atoms. The summed E-state index contributed by atoms with van der Waals surface area (Å²) in [7, 11) is 0. The maximum absolute atomic E-state index is 13.4. The average molecular weight is 987 g/mol. The Morgan fingerprint density at radius 2 is 1.73 bits per heavy atom. The molecule has 2 saturated heterocycles. The summed E-state index contributed by atoms with van der Waals surface area (Å²) >= 11 is 1.58. The number of aliphatic hydroxyl groups excluding tert-OH is 1. The van der Waals surface area contributed by atoms with Crippen LogP contribution in [0.4, 0.5) is 17.3 Å². The monoisotopic (exact) mass is 986 g/mol. The fourth-order valence-corrected chi connectivity index (χ4v) is 9.62. The summed E-state index contributed by atoms with van der Waals surface area (Å²) in [5.41, 5.74) is 6.02. The quantitative estimate of drug-likeness (QED) is 0.0502. The summed E-state index contributed by atoms with van der Waals surface area (Å²) in [6.07, 6.45) is 5.21. The van der Waals surface area contributed by atoms with Crippen LogP contribution in [0, 0.1) is 6.92 Å². The summed E-state index contributed by atoms with van der Waals surface area (Å²) in [6.45, 7) is 14.2. The maximum Gasteiger partial charge on any atom is 0.278 e. The number of rotatable bonds is 21. The molecule has 2 atom stereocenters. The minimum Gasteiger partial charge on any atom is -0.391 e. The molecule has 6 aromatic rings. The number of likely N-dealkylation sites (tertiary alicyclic amines) is 1. The van der Waals surface area contributed by atoms with Gasteiger partial charge < -0.3 is 40.7 Å². The zero-order valence-electron chi connectivity index (χ0n) is 40.4. The van der Waals surface area contributed by atoms with Crippen molar-refractivity contribution in [2.45, 2.75) is 77.3 Å². The number of anilines is 3. The summed E-state index contributed by atoms with van der Waals surface area (Å²) in [4.78, 5) is 77.5. The number of pyridine rings is 1. The number of hydrogen-bond acceptors (Lipinski definition) is 15. The van der Waals surface area contributed by atoms with Gasteiger partial charge in [-0.05, 0) is 94.1 Å². The lowest BCUT2D eigenvalue weighted by Crippen LogP contribution is -2.49. The number of aliphatic hydroxyl groups is 2. The number of aryl methyl sites for hydroxylation is 1. The minimum absolute atomic E-state index is 0.0218. The van der Waals surface area contributed by atoms with E-state index in [1.54, 1.807) is 54.1 Å². The van der Waals surface area contributed by atoms with Gasteiger partial charge in [0.1, 0.15) is 23.6 Å². The van der Waals surface area contributed by atoms with Crippen molar-refractivity contribution in [1.82, 2.24) is 49.7 Å². The smallest absolute Gasteiger partial charge is 0.278 e. The summed E-state index contributed by atoms with van der Waals surface area (Å²) < 4.78 is 8.73. The minimum atomic E-state index is -1.18. The summed E-state index contributed by atoms with van der Waals surface area (Å²) in [6, 6.07) is 20.4. The van der Waals surface area contributed by atoms with Gasteiger partial charge in [0, 0.05) is 69.9 Å². The van der Waals surface area contributed by atoms with E-state index in [9.17, 15) is 29.4 Å². The normalized spacial score (nSPS) is 16.4. The Hall–Kier alpha value is -6.84. The predicted molar refractivity (Wildman–Crippen MR) is 273 cm³/mol. The Balaban J connectivity index is 0.707. The third-order valence-electron chi connectivity index (χ3n) is 12.7. The lowest BCUT2D eigenvalue weighted by molar-refractivity contribution is -0.139. The Morgan fingerprint density at radius 3 is 2.45 bits per heavy atom. The molecule has 20 heteroatoms. The standard InChI is InChI=1S/C51H62N12O7S/c1-5-20-62-49(68)40-29-54-50(58-47(40)63(62)43-11-9-10-42(57-43)51(3,4)69)56-37-16-18-38(19-17-37)60-24-22-59(23-25-60)21-7-6-8-26-70-32-44(65)52-30-45(66)61-31-39(64)27-41(61)48(67)53-28-35-12-14-36(15-13-35)46-34(2)55-33-71-46/h5,9-19,29,33,39,41,64,69H,1,6-8,20-28,30-32H2,2-4H3,(H,52,65)(H,53,67)(H,54,56,58)/t39-,41+/m1/s1. The van der Waals surface area contributed by atoms with E-state index in [0.29, 0.717) is 35.1 Å².